The molecule has 1 fully saturated rings. The topological polar surface area (TPSA) is 46.3 Å². The van der Waals surface area contributed by atoms with Crippen LogP contribution in [-0.2, 0) is 0 Å². The van der Waals surface area contributed by atoms with E-state index in [1.807, 2.05) is 36.4 Å². The number of carbonyl (C=O) groups is 1. The van der Waals surface area contributed by atoms with Crippen molar-refractivity contribution < 1.29 is 9.21 Å². The van der Waals surface area contributed by atoms with Gasteiger partial charge in [-0.25, -0.2) is 0 Å². The van der Waals surface area contributed by atoms with E-state index in [-0.39, 0.29) is 5.91 Å². The van der Waals surface area contributed by atoms with Gasteiger partial charge in [0.15, 0.2) is 5.76 Å². The zero-order valence-corrected chi connectivity index (χ0v) is 13.6. The molecular weight excluding hydrogens is 324 g/mol. The van der Waals surface area contributed by atoms with Gasteiger partial charge in [-0.15, -0.1) is 0 Å². The molecule has 0 radical (unpaired) electrons. The lowest BCUT2D eigenvalue weighted by molar-refractivity contribution is 0.0567. The molecule has 0 unspecified atom stereocenters. The van der Waals surface area contributed by atoms with Gasteiger partial charge in [-0.1, -0.05) is 29.8 Å². The van der Waals surface area contributed by atoms with Gasteiger partial charge < -0.3 is 9.32 Å². The fourth-order valence-electron chi connectivity index (χ4n) is 2.86. The monoisotopic (exact) mass is 338 g/mol. The fraction of sp³-hybridized carbons (Fsp3) is 0.158. The number of carbonyl (C=O) groups excluding carboxylic acids is 1. The van der Waals surface area contributed by atoms with Crippen LogP contribution in [0.2, 0.25) is 5.02 Å². The lowest BCUT2D eigenvalue weighted by Crippen LogP contribution is -2.48. The van der Waals surface area contributed by atoms with Gasteiger partial charge in [0.1, 0.15) is 5.76 Å². The fourth-order valence-corrected chi connectivity index (χ4v) is 3.09. The lowest BCUT2D eigenvalue weighted by atomic mass is 9.95. The quantitative estimate of drug-likeness (QED) is 0.717. The molecule has 0 atom stereocenters. The lowest BCUT2D eigenvalue weighted by Gasteiger charge is -2.38. The van der Waals surface area contributed by atoms with Crippen molar-refractivity contribution in [2.75, 3.05) is 13.1 Å². The maximum absolute atomic E-state index is 12.5. The summed E-state index contributed by atoms with van der Waals surface area (Å²) in [5, 5.41) is 0.602. The number of amides is 1. The van der Waals surface area contributed by atoms with Crippen LogP contribution in [0.15, 0.2) is 65.2 Å². The van der Waals surface area contributed by atoms with E-state index in [0.717, 1.165) is 11.3 Å². The highest BCUT2D eigenvalue weighted by atomic mass is 35.5. The van der Waals surface area contributed by atoms with Crippen molar-refractivity contribution >= 4 is 17.5 Å². The van der Waals surface area contributed by atoms with Crippen LogP contribution in [0.25, 0.3) is 11.3 Å². The van der Waals surface area contributed by atoms with Crippen molar-refractivity contribution in [3.05, 3.63) is 77.3 Å². The van der Waals surface area contributed by atoms with E-state index < -0.39 is 0 Å². The predicted molar refractivity (Wildman–Crippen MR) is 92.0 cm³/mol. The van der Waals surface area contributed by atoms with Crippen LogP contribution in [0.3, 0.4) is 0 Å². The second-order valence-electron chi connectivity index (χ2n) is 5.81. The molecule has 1 saturated heterocycles. The molecule has 3 heterocycles. The van der Waals surface area contributed by atoms with Crippen molar-refractivity contribution in [1.82, 2.24) is 9.88 Å². The molecule has 0 N–H and O–H groups in total. The zero-order valence-electron chi connectivity index (χ0n) is 12.9. The Labute approximate surface area is 144 Å². The van der Waals surface area contributed by atoms with Crippen LogP contribution in [-0.4, -0.2) is 28.9 Å². The number of rotatable bonds is 3. The minimum Gasteiger partial charge on any atom is -0.451 e. The summed E-state index contributed by atoms with van der Waals surface area (Å²) >= 11 is 6.17. The number of likely N-dealkylation sites (tertiary alicyclic amines) is 1. The van der Waals surface area contributed by atoms with Crippen LogP contribution >= 0.6 is 11.6 Å². The maximum Gasteiger partial charge on any atom is 0.289 e. The molecule has 0 saturated carbocycles. The van der Waals surface area contributed by atoms with Gasteiger partial charge in [0.2, 0.25) is 0 Å². The van der Waals surface area contributed by atoms with E-state index in [1.54, 1.807) is 29.3 Å². The second kappa shape index (κ2) is 6.13. The van der Waals surface area contributed by atoms with Crippen molar-refractivity contribution in [2.24, 2.45) is 0 Å². The Bertz CT molecular complexity index is 870. The van der Waals surface area contributed by atoms with Crippen LogP contribution in [0.1, 0.15) is 22.2 Å². The summed E-state index contributed by atoms with van der Waals surface area (Å²) < 4.78 is 5.72. The largest absolute Gasteiger partial charge is 0.451 e. The number of nitrogens with zero attached hydrogens (tertiary/aromatic N) is 2. The summed E-state index contributed by atoms with van der Waals surface area (Å²) in [7, 11) is 0. The number of furan rings is 1. The molecule has 4 rings (SSSR count). The minimum absolute atomic E-state index is 0.0968. The molecule has 0 aliphatic carbocycles. The van der Waals surface area contributed by atoms with Crippen LogP contribution in [0, 0.1) is 0 Å². The normalized spacial score (nSPS) is 14.5. The number of benzene rings is 1. The van der Waals surface area contributed by atoms with Crippen LogP contribution in [0.4, 0.5) is 0 Å². The van der Waals surface area contributed by atoms with Gasteiger partial charge >= 0.3 is 0 Å². The molecule has 5 heteroatoms. The first-order valence-electron chi connectivity index (χ1n) is 7.77. The predicted octanol–water partition coefficient (Wildman–Crippen LogP) is 4.23. The summed E-state index contributed by atoms with van der Waals surface area (Å²) in [5.74, 6) is 1.14. The first kappa shape index (κ1) is 15.0. The Kier molecular flexibility index (Phi) is 3.82. The number of aromatic nitrogens is 1. The number of halogens is 1. The van der Waals surface area contributed by atoms with Crippen molar-refractivity contribution in [2.45, 2.75) is 5.92 Å². The standard InChI is InChI=1S/C19H15ClN2O2/c20-15-6-2-1-5-14(15)17-8-9-18(24-17)19(23)22-11-13(12-22)16-7-3-4-10-21-16/h1-10,13H,11-12H2. The van der Waals surface area contributed by atoms with Crippen molar-refractivity contribution in [3.8, 4) is 11.3 Å². The highest BCUT2D eigenvalue weighted by molar-refractivity contribution is 6.33. The maximum atomic E-state index is 12.5. The van der Waals surface area contributed by atoms with Gasteiger partial charge in [0, 0.05) is 36.5 Å². The molecule has 1 aliphatic rings. The van der Waals surface area contributed by atoms with Crippen molar-refractivity contribution in [3.63, 3.8) is 0 Å². The zero-order chi connectivity index (χ0) is 16.5. The SMILES string of the molecule is O=C(c1ccc(-c2ccccc2Cl)o1)N1CC(c2ccccn2)C1. The van der Waals surface area contributed by atoms with Gasteiger partial charge in [-0.3, -0.25) is 9.78 Å². The smallest absolute Gasteiger partial charge is 0.289 e. The van der Waals surface area contributed by atoms with E-state index >= 15 is 0 Å². The summed E-state index contributed by atoms with van der Waals surface area (Å²) in [6.07, 6.45) is 1.78. The van der Waals surface area contributed by atoms with Gasteiger partial charge in [-0.05, 0) is 36.4 Å². The first-order valence-corrected chi connectivity index (χ1v) is 8.15. The van der Waals surface area contributed by atoms with E-state index in [1.165, 1.54) is 0 Å². The van der Waals surface area contributed by atoms with Crippen molar-refractivity contribution in [1.29, 1.82) is 0 Å². The summed E-state index contributed by atoms with van der Waals surface area (Å²) in [4.78, 5) is 18.6. The third-order valence-electron chi connectivity index (χ3n) is 4.23. The molecule has 3 aromatic rings. The molecule has 1 amide bonds. The molecule has 1 aliphatic heterocycles. The molecule has 120 valence electrons. The van der Waals surface area contributed by atoms with Crippen LogP contribution in [0.5, 0.6) is 0 Å². The number of hydrogen-bond acceptors (Lipinski definition) is 3. The van der Waals surface area contributed by atoms with E-state index in [4.69, 9.17) is 16.0 Å². The average Bonchev–Trinajstić information content (AvgIpc) is 3.04. The summed E-state index contributed by atoms with van der Waals surface area (Å²) in [5.41, 5.74) is 1.81. The average molecular weight is 339 g/mol. The molecule has 0 spiro atoms. The molecular formula is C19H15ClN2O2. The molecule has 0 bridgehead atoms. The summed E-state index contributed by atoms with van der Waals surface area (Å²) in [6, 6.07) is 16.8. The Balaban J connectivity index is 1.46. The Hall–Kier alpha value is -2.59. The molecule has 1 aromatic carbocycles. The Morgan fingerprint density at radius 3 is 2.62 bits per heavy atom. The first-order chi connectivity index (χ1) is 11.7. The van der Waals surface area contributed by atoms with E-state index in [0.29, 0.717) is 35.6 Å². The summed E-state index contributed by atoms with van der Waals surface area (Å²) in [6.45, 7) is 1.33. The second-order valence-corrected chi connectivity index (χ2v) is 6.21. The molecule has 4 nitrogen and oxygen atoms in total. The number of pyridine rings is 1. The molecule has 2 aromatic heterocycles. The third kappa shape index (κ3) is 2.69. The van der Waals surface area contributed by atoms with Gasteiger partial charge in [0.25, 0.3) is 5.91 Å². The highest BCUT2D eigenvalue weighted by Crippen LogP contribution is 2.31. The third-order valence-corrected chi connectivity index (χ3v) is 4.56. The minimum atomic E-state index is -0.0968. The van der Waals surface area contributed by atoms with Crippen LogP contribution < -0.4 is 0 Å². The van der Waals surface area contributed by atoms with Gasteiger partial charge in [-0.2, -0.15) is 0 Å². The highest BCUT2D eigenvalue weighted by Gasteiger charge is 2.34. The Morgan fingerprint density at radius 1 is 1.08 bits per heavy atom. The Morgan fingerprint density at radius 2 is 1.88 bits per heavy atom. The molecule has 24 heavy (non-hydrogen) atoms. The van der Waals surface area contributed by atoms with Gasteiger partial charge in [0.05, 0.1) is 5.02 Å². The number of hydrogen-bond donors (Lipinski definition) is 0. The van der Waals surface area contributed by atoms with E-state index in [2.05, 4.69) is 4.98 Å². The van der Waals surface area contributed by atoms with E-state index in [9.17, 15) is 4.79 Å².